The molecular formula is C16H12O3. The van der Waals surface area contributed by atoms with Gasteiger partial charge in [0.2, 0.25) is 0 Å². The fraction of sp³-hybridized carbons (Fsp3) is 0.125. The molecule has 0 radical (unpaired) electrons. The van der Waals surface area contributed by atoms with Gasteiger partial charge in [0.15, 0.2) is 5.78 Å². The fourth-order valence-electron chi connectivity index (χ4n) is 2.23. The molecule has 3 nitrogen and oxygen atoms in total. The van der Waals surface area contributed by atoms with Crippen LogP contribution in [0.3, 0.4) is 0 Å². The molecule has 19 heavy (non-hydrogen) atoms. The Morgan fingerprint density at radius 3 is 2.68 bits per heavy atom. The van der Waals surface area contributed by atoms with Crippen molar-refractivity contribution in [2.75, 3.05) is 0 Å². The van der Waals surface area contributed by atoms with E-state index in [0.29, 0.717) is 17.7 Å². The summed E-state index contributed by atoms with van der Waals surface area (Å²) in [7, 11) is 0. The van der Waals surface area contributed by atoms with Crippen LogP contribution in [0.4, 0.5) is 0 Å². The molecular weight excluding hydrogens is 240 g/mol. The molecule has 0 unspecified atom stereocenters. The first-order chi connectivity index (χ1) is 9.15. The largest absolute Gasteiger partial charge is 0.457 e. The molecule has 0 saturated heterocycles. The Hall–Kier alpha value is -2.42. The summed E-state index contributed by atoms with van der Waals surface area (Å²) in [5.41, 5.74) is 4.17. The third-order valence-electron chi connectivity index (χ3n) is 3.29. The summed E-state index contributed by atoms with van der Waals surface area (Å²) in [6.45, 7) is 1.88. The van der Waals surface area contributed by atoms with E-state index in [4.69, 9.17) is 4.74 Å². The van der Waals surface area contributed by atoms with Crippen LogP contribution in [-0.2, 0) is 11.3 Å². The van der Waals surface area contributed by atoms with Gasteiger partial charge in [0.1, 0.15) is 6.61 Å². The minimum absolute atomic E-state index is 0.0431. The number of hydrogen-bond acceptors (Lipinski definition) is 3. The molecule has 0 aromatic heterocycles. The lowest BCUT2D eigenvalue weighted by Crippen LogP contribution is -1.94. The number of carbonyl (C=O) groups is 2. The van der Waals surface area contributed by atoms with Crippen LogP contribution < -0.4 is 0 Å². The Bertz CT molecular complexity index is 686. The minimum atomic E-state index is -0.265. The average Bonchev–Trinajstić information content (AvgIpc) is 2.80. The predicted molar refractivity (Wildman–Crippen MR) is 71.0 cm³/mol. The number of carbonyl (C=O) groups excluding carboxylic acids is 2. The molecule has 0 N–H and O–H groups in total. The molecule has 3 heteroatoms. The van der Waals surface area contributed by atoms with Gasteiger partial charge in [-0.25, -0.2) is 4.79 Å². The van der Waals surface area contributed by atoms with Gasteiger partial charge in [0.25, 0.3) is 0 Å². The summed E-state index contributed by atoms with van der Waals surface area (Å²) in [6.07, 6.45) is 0. The molecule has 0 saturated carbocycles. The van der Waals surface area contributed by atoms with E-state index in [1.807, 2.05) is 30.3 Å². The standard InChI is InChI=1S/C16H12O3/c1-10(17)11-3-2-4-12(7-11)13-5-6-15-14(8-13)9-19-16(15)18/h2-8H,9H2,1H3. The Morgan fingerprint density at radius 2 is 1.89 bits per heavy atom. The number of ether oxygens (including phenoxy) is 1. The highest BCUT2D eigenvalue weighted by atomic mass is 16.5. The van der Waals surface area contributed by atoms with Gasteiger partial charge in [-0.15, -0.1) is 0 Å². The molecule has 3 rings (SSSR count). The quantitative estimate of drug-likeness (QED) is 0.608. The Labute approximate surface area is 110 Å². The zero-order valence-electron chi connectivity index (χ0n) is 10.5. The number of esters is 1. The van der Waals surface area contributed by atoms with Gasteiger partial charge in [-0.05, 0) is 36.2 Å². The second-order valence-electron chi connectivity index (χ2n) is 4.59. The van der Waals surface area contributed by atoms with E-state index < -0.39 is 0 Å². The number of ketones is 1. The summed E-state index contributed by atoms with van der Waals surface area (Å²) >= 11 is 0. The van der Waals surface area contributed by atoms with E-state index in [0.717, 1.165) is 16.7 Å². The third kappa shape index (κ3) is 2.03. The molecule has 1 aliphatic heterocycles. The lowest BCUT2D eigenvalue weighted by molar-refractivity contribution is 0.0535. The van der Waals surface area contributed by atoms with Crippen LogP contribution in [0.2, 0.25) is 0 Å². The Balaban J connectivity index is 2.06. The van der Waals surface area contributed by atoms with E-state index in [1.165, 1.54) is 0 Å². The van der Waals surface area contributed by atoms with Crippen molar-refractivity contribution in [3.05, 3.63) is 59.2 Å². The highest BCUT2D eigenvalue weighted by Gasteiger charge is 2.21. The van der Waals surface area contributed by atoms with Crippen LogP contribution in [0.15, 0.2) is 42.5 Å². The summed E-state index contributed by atoms with van der Waals surface area (Å²) in [4.78, 5) is 22.8. The molecule has 0 amide bonds. The van der Waals surface area contributed by atoms with Crippen LogP contribution >= 0.6 is 0 Å². The van der Waals surface area contributed by atoms with Gasteiger partial charge in [-0.1, -0.05) is 24.3 Å². The molecule has 94 valence electrons. The van der Waals surface area contributed by atoms with Crippen molar-refractivity contribution >= 4 is 11.8 Å². The van der Waals surface area contributed by atoms with Gasteiger partial charge in [-0.2, -0.15) is 0 Å². The monoisotopic (exact) mass is 252 g/mol. The second-order valence-corrected chi connectivity index (χ2v) is 4.59. The molecule has 1 aliphatic rings. The first-order valence-electron chi connectivity index (χ1n) is 6.06. The van der Waals surface area contributed by atoms with Crippen molar-refractivity contribution in [3.63, 3.8) is 0 Å². The molecule has 0 bridgehead atoms. The van der Waals surface area contributed by atoms with Crippen LogP contribution in [0.25, 0.3) is 11.1 Å². The minimum Gasteiger partial charge on any atom is -0.457 e. The van der Waals surface area contributed by atoms with Crippen molar-refractivity contribution in [2.45, 2.75) is 13.5 Å². The zero-order valence-corrected chi connectivity index (χ0v) is 10.5. The lowest BCUT2D eigenvalue weighted by Gasteiger charge is -2.05. The molecule has 0 atom stereocenters. The van der Waals surface area contributed by atoms with Crippen molar-refractivity contribution in [3.8, 4) is 11.1 Å². The second kappa shape index (κ2) is 4.35. The van der Waals surface area contributed by atoms with Crippen molar-refractivity contribution in [1.82, 2.24) is 0 Å². The molecule has 0 spiro atoms. The van der Waals surface area contributed by atoms with E-state index in [9.17, 15) is 9.59 Å². The molecule has 2 aromatic carbocycles. The van der Waals surface area contributed by atoms with Crippen molar-refractivity contribution in [2.24, 2.45) is 0 Å². The average molecular weight is 252 g/mol. The Kier molecular flexibility index (Phi) is 2.67. The fourth-order valence-corrected chi connectivity index (χ4v) is 2.23. The number of Topliss-reactive ketones (excluding diaryl/α,β-unsaturated/α-hetero) is 1. The molecule has 0 fully saturated rings. The first-order valence-corrected chi connectivity index (χ1v) is 6.06. The van der Waals surface area contributed by atoms with Gasteiger partial charge < -0.3 is 4.74 Å². The van der Waals surface area contributed by atoms with E-state index in [-0.39, 0.29) is 11.8 Å². The third-order valence-corrected chi connectivity index (χ3v) is 3.29. The van der Waals surface area contributed by atoms with Crippen molar-refractivity contribution in [1.29, 1.82) is 0 Å². The summed E-state index contributed by atoms with van der Waals surface area (Å²) in [5, 5.41) is 0. The maximum absolute atomic E-state index is 11.4. The first kappa shape index (κ1) is 11.7. The highest BCUT2D eigenvalue weighted by molar-refractivity contribution is 5.96. The maximum Gasteiger partial charge on any atom is 0.338 e. The normalized spacial score (nSPS) is 13.0. The van der Waals surface area contributed by atoms with Gasteiger partial charge in [-0.3, -0.25) is 4.79 Å². The maximum atomic E-state index is 11.4. The number of hydrogen-bond donors (Lipinski definition) is 0. The van der Waals surface area contributed by atoms with Crippen molar-refractivity contribution < 1.29 is 14.3 Å². The zero-order chi connectivity index (χ0) is 13.4. The van der Waals surface area contributed by atoms with E-state index >= 15 is 0 Å². The van der Waals surface area contributed by atoms with Gasteiger partial charge >= 0.3 is 5.97 Å². The van der Waals surface area contributed by atoms with Crippen LogP contribution in [0.5, 0.6) is 0 Å². The summed E-state index contributed by atoms with van der Waals surface area (Å²) in [6, 6.07) is 13.1. The smallest absolute Gasteiger partial charge is 0.338 e. The number of cyclic esters (lactones) is 1. The van der Waals surface area contributed by atoms with E-state index in [2.05, 4.69) is 0 Å². The van der Waals surface area contributed by atoms with Crippen LogP contribution in [0, 0.1) is 0 Å². The van der Waals surface area contributed by atoms with Gasteiger partial charge in [0, 0.05) is 11.1 Å². The number of fused-ring (bicyclic) bond motifs is 1. The lowest BCUT2D eigenvalue weighted by atomic mass is 9.98. The molecule has 1 heterocycles. The Morgan fingerprint density at radius 1 is 1.11 bits per heavy atom. The summed E-state index contributed by atoms with van der Waals surface area (Å²) in [5.74, 6) is -0.222. The highest BCUT2D eigenvalue weighted by Crippen LogP contribution is 2.27. The van der Waals surface area contributed by atoms with E-state index in [1.54, 1.807) is 19.1 Å². The topological polar surface area (TPSA) is 43.4 Å². The predicted octanol–water partition coefficient (Wildman–Crippen LogP) is 3.23. The molecule has 0 aliphatic carbocycles. The summed E-state index contributed by atoms with van der Waals surface area (Å²) < 4.78 is 4.98. The van der Waals surface area contributed by atoms with Crippen LogP contribution in [-0.4, -0.2) is 11.8 Å². The number of benzene rings is 2. The van der Waals surface area contributed by atoms with Gasteiger partial charge in [0.05, 0.1) is 5.56 Å². The SMILES string of the molecule is CC(=O)c1cccc(-c2ccc3c(c2)COC3=O)c1. The molecule has 2 aromatic rings. The van der Waals surface area contributed by atoms with Crippen LogP contribution in [0.1, 0.15) is 33.2 Å². The number of rotatable bonds is 2.